The molecular formula is C21H26ClN5O2. The summed E-state index contributed by atoms with van der Waals surface area (Å²) in [5.74, 6) is -0.189. The Morgan fingerprint density at radius 3 is 2.72 bits per heavy atom. The fourth-order valence-corrected chi connectivity index (χ4v) is 2.84. The highest BCUT2D eigenvalue weighted by atomic mass is 35.5. The van der Waals surface area contributed by atoms with Crippen LogP contribution in [0, 0.1) is 12.8 Å². The lowest BCUT2D eigenvalue weighted by Crippen LogP contribution is -2.35. The van der Waals surface area contributed by atoms with Crippen molar-refractivity contribution in [1.82, 2.24) is 15.1 Å². The maximum absolute atomic E-state index is 12.2. The number of rotatable bonds is 6. The highest BCUT2D eigenvalue weighted by Crippen LogP contribution is 2.36. The van der Waals surface area contributed by atoms with Crippen LogP contribution < -0.4 is 16.6 Å². The smallest absolute Gasteiger partial charge is 0.286 e. The summed E-state index contributed by atoms with van der Waals surface area (Å²) in [7, 11) is 0. The Balaban J connectivity index is 0.00000145. The number of aryl methyl sites for hydroxylation is 1. The van der Waals surface area contributed by atoms with Gasteiger partial charge in [0.2, 0.25) is 5.91 Å². The molecule has 8 heteroatoms. The normalized spacial score (nSPS) is 18.1. The van der Waals surface area contributed by atoms with Crippen LogP contribution >= 0.6 is 11.6 Å². The molecule has 3 rings (SSSR count). The lowest BCUT2D eigenvalue weighted by molar-refractivity contribution is -0.122. The number of nitrogens with two attached hydrogens (primary N) is 1. The lowest BCUT2D eigenvalue weighted by Gasteiger charge is -2.07. The standard InChI is InChI=1S/C19H20ClN5O2.C2H6/c1-12-9-23-25(19(27)18(12)20)11-17(26)24-16-7-15(16)13(8-21)10-22-14-5-3-2-4-6-14;1-2/h2-6,8-10,15-16H,7,11,21H2,1H3,(H,24,26);1-2H3/b13-8+,22-10?;. The van der Waals surface area contributed by atoms with Gasteiger partial charge in [-0.2, -0.15) is 5.10 Å². The molecule has 0 aliphatic heterocycles. The number of amides is 1. The van der Waals surface area contributed by atoms with Crippen LogP contribution in [0.4, 0.5) is 5.69 Å². The Labute approximate surface area is 175 Å². The summed E-state index contributed by atoms with van der Waals surface area (Å²) in [4.78, 5) is 28.6. The number of para-hydroxylation sites is 1. The molecule has 0 bridgehead atoms. The Morgan fingerprint density at radius 2 is 2.07 bits per heavy atom. The van der Waals surface area contributed by atoms with Crippen LogP contribution in [-0.4, -0.2) is 27.9 Å². The van der Waals surface area contributed by atoms with Crippen molar-refractivity contribution in [1.29, 1.82) is 0 Å². The van der Waals surface area contributed by atoms with Gasteiger partial charge in [0.05, 0.1) is 11.9 Å². The maximum atomic E-state index is 12.2. The number of hydrogen-bond donors (Lipinski definition) is 2. The predicted octanol–water partition coefficient (Wildman–Crippen LogP) is 2.98. The number of halogens is 1. The molecule has 1 aliphatic carbocycles. The van der Waals surface area contributed by atoms with Gasteiger partial charge in [0.15, 0.2) is 0 Å². The molecule has 154 valence electrons. The fourth-order valence-electron chi connectivity index (χ4n) is 2.70. The summed E-state index contributed by atoms with van der Waals surface area (Å²) in [6.45, 7) is 5.51. The van der Waals surface area contributed by atoms with Gasteiger partial charge in [-0.3, -0.25) is 14.6 Å². The van der Waals surface area contributed by atoms with E-state index in [1.807, 2.05) is 44.2 Å². The first-order chi connectivity index (χ1) is 14.0. The molecule has 0 spiro atoms. The molecule has 1 amide bonds. The molecule has 3 N–H and O–H groups in total. The van der Waals surface area contributed by atoms with Crippen molar-refractivity contribution >= 4 is 29.4 Å². The van der Waals surface area contributed by atoms with Gasteiger partial charge in [0.1, 0.15) is 11.6 Å². The average molecular weight is 416 g/mol. The van der Waals surface area contributed by atoms with Gasteiger partial charge in [-0.25, -0.2) is 4.68 Å². The van der Waals surface area contributed by atoms with Crippen LogP contribution in [0.1, 0.15) is 25.8 Å². The Morgan fingerprint density at radius 1 is 1.38 bits per heavy atom. The van der Waals surface area contributed by atoms with Gasteiger partial charge >= 0.3 is 0 Å². The zero-order chi connectivity index (χ0) is 21.4. The molecule has 1 aromatic heterocycles. The zero-order valence-electron chi connectivity index (χ0n) is 16.8. The van der Waals surface area contributed by atoms with E-state index < -0.39 is 5.56 Å². The molecule has 2 unspecified atom stereocenters. The van der Waals surface area contributed by atoms with Crippen molar-refractivity contribution in [2.75, 3.05) is 0 Å². The predicted molar refractivity (Wildman–Crippen MR) is 116 cm³/mol. The number of nitrogens with zero attached hydrogens (tertiary/aromatic N) is 3. The fraction of sp³-hybridized carbons (Fsp3) is 0.333. The Kier molecular flexibility index (Phi) is 8.15. The van der Waals surface area contributed by atoms with Crippen LogP contribution in [0.5, 0.6) is 0 Å². The van der Waals surface area contributed by atoms with Gasteiger partial charge in [0, 0.05) is 18.2 Å². The van der Waals surface area contributed by atoms with Gasteiger partial charge in [-0.05, 0) is 42.8 Å². The second kappa shape index (κ2) is 10.6. The Hall–Kier alpha value is -2.93. The van der Waals surface area contributed by atoms with Crippen molar-refractivity contribution in [3.05, 3.63) is 69.2 Å². The van der Waals surface area contributed by atoms with Gasteiger partial charge in [-0.1, -0.05) is 43.6 Å². The number of aromatic nitrogens is 2. The minimum atomic E-state index is -0.475. The number of nitrogens with one attached hydrogen (secondary N) is 1. The highest BCUT2D eigenvalue weighted by molar-refractivity contribution is 6.31. The molecule has 29 heavy (non-hydrogen) atoms. The SMILES string of the molecule is CC.Cc1cnn(CC(=O)NC2CC2/C(C=Nc2ccccc2)=C/N)c(=O)c1Cl. The van der Waals surface area contributed by atoms with Crippen LogP contribution in [0.2, 0.25) is 5.02 Å². The van der Waals surface area contributed by atoms with Crippen molar-refractivity contribution < 1.29 is 4.79 Å². The third kappa shape index (κ3) is 6.02. The number of benzene rings is 1. The number of aliphatic imine (C=N–C) groups is 1. The van der Waals surface area contributed by atoms with Crippen LogP contribution in [-0.2, 0) is 11.3 Å². The number of carbonyl (C=O) groups is 1. The minimum absolute atomic E-state index is 0.0360. The topological polar surface area (TPSA) is 102 Å². The second-order valence-electron chi connectivity index (χ2n) is 6.38. The molecule has 7 nitrogen and oxygen atoms in total. The van der Waals surface area contributed by atoms with Crippen molar-refractivity contribution in [2.45, 2.75) is 39.8 Å². The van der Waals surface area contributed by atoms with Gasteiger partial charge < -0.3 is 11.1 Å². The van der Waals surface area contributed by atoms with E-state index in [0.717, 1.165) is 22.4 Å². The Bertz CT molecular complexity index is 953. The summed E-state index contributed by atoms with van der Waals surface area (Å²) < 4.78 is 1.05. The van der Waals surface area contributed by atoms with E-state index in [0.29, 0.717) is 5.56 Å². The van der Waals surface area contributed by atoms with E-state index in [-0.39, 0.29) is 29.4 Å². The van der Waals surface area contributed by atoms with Gasteiger partial charge in [-0.15, -0.1) is 0 Å². The zero-order valence-corrected chi connectivity index (χ0v) is 17.6. The first kappa shape index (κ1) is 22.4. The first-order valence-corrected chi connectivity index (χ1v) is 9.90. The third-order valence-corrected chi connectivity index (χ3v) is 4.79. The average Bonchev–Trinajstić information content (AvgIpc) is 3.50. The monoisotopic (exact) mass is 415 g/mol. The summed E-state index contributed by atoms with van der Waals surface area (Å²) in [6, 6.07) is 9.50. The van der Waals surface area contributed by atoms with Gasteiger partial charge in [0.25, 0.3) is 5.56 Å². The van der Waals surface area contributed by atoms with E-state index in [1.165, 1.54) is 12.4 Å². The van der Waals surface area contributed by atoms with Crippen LogP contribution in [0.3, 0.4) is 0 Å². The minimum Gasteiger partial charge on any atom is -0.404 e. The van der Waals surface area contributed by atoms with E-state index in [4.69, 9.17) is 17.3 Å². The largest absolute Gasteiger partial charge is 0.404 e. The molecule has 0 radical (unpaired) electrons. The molecular weight excluding hydrogens is 390 g/mol. The second-order valence-corrected chi connectivity index (χ2v) is 6.76. The lowest BCUT2D eigenvalue weighted by atomic mass is 10.2. The molecule has 0 saturated heterocycles. The van der Waals surface area contributed by atoms with Crippen molar-refractivity contribution in [2.24, 2.45) is 16.6 Å². The van der Waals surface area contributed by atoms with E-state index in [9.17, 15) is 9.59 Å². The van der Waals surface area contributed by atoms with E-state index >= 15 is 0 Å². The van der Waals surface area contributed by atoms with Crippen molar-refractivity contribution in [3.63, 3.8) is 0 Å². The highest BCUT2D eigenvalue weighted by Gasteiger charge is 2.40. The summed E-state index contributed by atoms with van der Waals surface area (Å²) >= 11 is 5.91. The number of carbonyl (C=O) groups excluding carboxylic acids is 1. The van der Waals surface area contributed by atoms with E-state index in [2.05, 4.69) is 15.4 Å². The van der Waals surface area contributed by atoms with E-state index in [1.54, 1.807) is 13.1 Å². The summed E-state index contributed by atoms with van der Waals surface area (Å²) in [6.07, 6.45) is 5.46. The van der Waals surface area contributed by atoms with Crippen LogP contribution in [0.25, 0.3) is 0 Å². The molecule has 1 fully saturated rings. The molecule has 1 saturated carbocycles. The molecule has 1 heterocycles. The first-order valence-electron chi connectivity index (χ1n) is 9.52. The molecule has 1 aliphatic rings. The summed E-state index contributed by atoms with van der Waals surface area (Å²) in [5, 5.41) is 6.91. The third-order valence-electron chi connectivity index (χ3n) is 4.33. The van der Waals surface area contributed by atoms with Crippen molar-refractivity contribution in [3.8, 4) is 0 Å². The quantitative estimate of drug-likeness (QED) is 0.708. The maximum Gasteiger partial charge on any atom is 0.286 e. The molecule has 2 atom stereocenters. The number of hydrogen-bond acceptors (Lipinski definition) is 5. The van der Waals surface area contributed by atoms with Crippen LogP contribution in [0.15, 0.2) is 58.1 Å². The molecule has 2 aromatic rings. The summed E-state index contributed by atoms with van der Waals surface area (Å²) in [5.41, 5.74) is 7.51. The molecule has 1 aromatic carbocycles.